The first-order chi connectivity index (χ1) is 13.8. The standard InChI is InChI=1S/C21H19BrF2N2O2S/c1-13-10-20(24)12-29-19(25-18(27)14-5-3-2-4-6-14)26-21(20,11-28-13)15-7-16(22)9-17(23)8-15/h2-9,13H,10-12H2,1H3,(H,25,26,27)/t13-,20+,21+/m0/s1. The summed E-state index contributed by atoms with van der Waals surface area (Å²) in [5, 5.41) is 3.06. The Morgan fingerprint density at radius 2 is 2.07 bits per heavy atom. The molecule has 0 aromatic heterocycles. The fraction of sp³-hybridized carbons (Fsp3) is 0.333. The van der Waals surface area contributed by atoms with E-state index in [0.717, 1.165) is 11.8 Å². The second-order valence-electron chi connectivity index (χ2n) is 7.34. The van der Waals surface area contributed by atoms with Gasteiger partial charge in [-0.3, -0.25) is 4.79 Å². The summed E-state index contributed by atoms with van der Waals surface area (Å²) in [5.41, 5.74) is -2.31. The Hall–Kier alpha value is -1.77. The van der Waals surface area contributed by atoms with Crippen molar-refractivity contribution in [2.45, 2.75) is 30.7 Å². The van der Waals surface area contributed by atoms with Crippen molar-refractivity contribution in [3.05, 3.63) is 69.9 Å². The third-order valence-corrected chi connectivity index (χ3v) is 6.78. The number of aliphatic imine (C=N–C) groups is 1. The topological polar surface area (TPSA) is 50.7 Å². The molecule has 1 N–H and O–H groups in total. The molecule has 2 aliphatic rings. The van der Waals surface area contributed by atoms with Gasteiger partial charge in [0.1, 0.15) is 11.4 Å². The molecule has 29 heavy (non-hydrogen) atoms. The molecule has 8 heteroatoms. The fourth-order valence-electron chi connectivity index (χ4n) is 3.80. The molecular weight excluding hydrogens is 462 g/mol. The van der Waals surface area contributed by atoms with Crippen molar-refractivity contribution in [2.75, 3.05) is 12.4 Å². The molecule has 4 nitrogen and oxygen atoms in total. The molecule has 0 saturated carbocycles. The van der Waals surface area contributed by atoms with Crippen LogP contribution in [0.15, 0.2) is 58.0 Å². The highest BCUT2D eigenvalue weighted by atomic mass is 79.9. The van der Waals surface area contributed by atoms with Crippen LogP contribution in [0, 0.1) is 5.82 Å². The number of halogens is 3. The van der Waals surface area contributed by atoms with Gasteiger partial charge in [-0.2, -0.15) is 0 Å². The number of hydrogen-bond acceptors (Lipinski definition) is 4. The van der Waals surface area contributed by atoms with Crippen LogP contribution < -0.4 is 5.32 Å². The van der Waals surface area contributed by atoms with Crippen LogP contribution in [0.5, 0.6) is 0 Å². The summed E-state index contributed by atoms with van der Waals surface area (Å²) in [6.45, 7) is 1.78. The Balaban J connectivity index is 1.76. The molecule has 1 saturated heterocycles. The van der Waals surface area contributed by atoms with Crippen LogP contribution in [0.4, 0.5) is 8.78 Å². The number of benzene rings is 2. The lowest BCUT2D eigenvalue weighted by Crippen LogP contribution is -2.60. The van der Waals surface area contributed by atoms with Gasteiger partial charge in [0.15, 0.2) is 10.8 Å². The predicted octanol–water partition coefficient (Wildman–Crippen LogP) is 4.83. The van der Waals surface area contributed by atoms with Crippen molar-refractivity contribution in [2.24, 2.45) is 4.99 Å². The number of nitrogens with one attached hydrogen (secondary N) is 1. The molecule has 3 atom stereocenters. The summed E-state index contributed by atoms with van der Waals surface area (Å²) in [5.74, 6) is -0.736. The van der Waals surface area contributed by atoms with Crippen molar-refractivity contribution in [1.82, 2.24) is 5.32 Å². The maximum absolute atomic E-state index is 16.2. The van der Waals surface area contributed by atoms with Gasteiger partial charge in [-0.05, 0) is 42.8 Å². The molecule has 2 aromatic rings. The number of carbonyl (C=O) groups is 1. The van der Waals surface area contributed by atoms with Crippen LogP contribution >= 0.6 is 27.7 Å². The highest BCUT2D eigenvalue weighted by molar-refractivity contribution is 9.10. The molecule has 2 heterocycles. The van der Waals surface area contributed by atoms with E-state index in [2.05, 4.69) is 26.2 Å². The molecule has 0 radical (unpaired) electrons. The van der Waals surface area contributed by atoms with Gasteiger partial charge in [0, 0.05) is 22.2 Å². The highest BCUT2D eigenvalue weighted by Gasteiger charge is 2.59. The third kappa shape index (κ3) is 3.85. The van der Waals surface area contributed by atoms with Crippen LogP contribution in [-0.4, -0.2) is 35.2 Å². The first-order valence-electron chi connectivity index (χ1n) is 9.17. The zero-order chi connectivity index (χ0) is 20.6. The first-order valence-corrected chi connectivity index (χ1v) is 11.0. The summed E-state index contributed by atoms with van der Waals surface area (Å²) < 4.78 is 36.7. The summed E-state index contributed by atoms with van der Waals surface area (Å²) in [6.07, 6.45) is -0.140. The predicted molar refractivity (Wildman–Crippen MR) is 113 cm³/mol. The lowest BCUT2D eigenvalue weighted by molar-refractivity contribution is -0.106. The van der Waals surface area contributed by atoms with Crippen molar-refractivity contribution >= 4 is 38.8 Å². The second-order valence-corrected chi connectivity index (χ2v) is 9.21. The molecule has 0 spiro atoms. The van der Waals surface area contributed by atoms with E-state index < -0.39 is 17.0 Å². The van der Waals surface area contributed by atoms with Gasteiger partial charge < -0.3 is 10.1 Å². The van der Waals surface area contributed by atoms with E-state index in [4.69, 9.17) is 4.74 Å². The molecule has 152 valence electrons. The molecule has 0 aliphatic carbocycles. The fourth-order valence-corrected chi connectivity index (χ4v) is 5.37. The monoisotopic (exact) mass is 480 g/mol. The van der Waals surface area contributed by atoms with Gasteiger partial charge in [0.25, 0.3) is 5.91 Å². The average Bonchev–Trinajstić information content (AvgIpc) is 2.68. The highest BCUT2D eigenvalue weighted by Crippen LogP contribution is 2.51. The minimum Gasteiger partial charge on any atom is -0.375 e. The van der Waals surface area contributed by atoms with E-state index in [1.807, 2.05) is 13.0 Å². The first kappa shape index (κ1) is 20.5. The lowest BCUT2D eigenvalue weighted by Gasteiger charge is -2.50. The minimum atomic E-state index is -1.73. The molecule has 2 aliphatic heterocycles. The normalized spacial score (nSPS) is 29.0. The van der Waals surface area contributed by atoms with Gasteiger partial charge in [-0.25, -0.2) is 13.8 Å². The van der Waals surface area contributed by atoms with E-state index in [0.29, 0.717) is 20.8 Å². The zero-order valence-corrected chi connectivity index (χ0v) is 18.0. The third-order valence-electron chi connectivity index (χ3n) is 5.26. The van der Waals surface area contributed by atoms with Crippen LogP contribution in [0.2, 0.25) is 0 Å². The largest absolute Gasteiger partial charge is 0.375 e. The number of amides is 1. The lowest BCUT2D eigenvalue weighted by atomic mass is 9.73. The smallest absolute Gasteiger partial charge is 0.257 e. The Bertz CT molecular complexity index is 954. The van der Waals surface area contributed by atoms with Gasteiger partial charge in [0.2, 0.25) is 0 Å². The number of rotatable bonds is 2. The van der Waals surface area contributed by atoms with Crippen LogP contribution in [0.1, 0.15) is 29.3 Å². The average molecular weight is 481 g/mol. The van der Waals surface area contributed by atoms with Gasteiger partial charge in [-0.15, -0.1) is 0 Å². The Morgan fingerprint density at radius 1 is 1.31 bits per heavy atom. The van der Waals surface area contributed by atoms with Crippen molar-refractivity contribution in [3.63, 3.8) is 0 Å². The van der Waals surface area contributed by atoms with Gasteiger partial charge in [-0.1, -0.05) is 45.9 Å². The van der Waals surface area contributed by atoms with E-state index in [9.17, 15) is 9.18 Å². The zero-order valence-electron chi connectivity index (χ0n) is 15.6. The van der Waals surface area contributed by atoms with Crippen molar-refractivity contribution in [1.29, 1.82) is 0 Å². The SMILES string of the molecule is C[C@H]1C[C@@]2(F)CSC(NC(=O)c3ccccc3)=N[C@@]2(c2cc(F)cc(Br)c2)CO1. The van der Waals surface area contributed by atoms with E-state index in [1.165, 1.54) is 12.1 Å². The molecule has 0 bridgehead atoms. The number of nitrogens with zero attached hydrogens (tertiary/aromatic N) is 1. The van der Waals surface area contributed by atoms with Gasteiger partial charge >= 0.3 is 0 Å². The molecule has 4 rings (SSSR count). The molecule has 1 fully saturated rings. The molecule has 0 unspecified atom stereocenters. The Labute approximate surface area is 180 Å². The quantitative estimate of drug-likeness (QED) is 0.669. The van der Waals surface area contributed by atoms with Gasteiger partial charge in [0.05, 0.1) is 12.7 Å². The number of amidine groups is 1. The minimum absolute atomic E-state index is 0.0359. The summed E-state index contributed by atoms with van der Waals surface area (Å²) >= 11 is 4.44. The number of thioether (sulfide) groups is 1. The number of alkyl halides is 1. The second kappa shape index (κ2) is 7.81. The van der Waals surface area contributed by atoms with Crippen LogP contribution in [-0.2, 0) is 10.3 Å². The summed E-state index contributed by atoms with van der Waals surface area (Å²) in [6, 6.07) is 13.0. The number of carbonyl (C=O) groups excluding carboxylic acids is 1. The summed E-state index contributed by atoms with van der Waals surface area (Å²) in [7, 11) is 0. The molecule has 2 aromatic carbocycles. The maximum atomic E-state index is 16.2. The summed E-state index contributed by atoms with van der Waals surface area (Å²) in [4.78, 5) is 17.2. The Morgan fingerprint density at radius 3 is 2.79 bits per heavy atom. The van der Waals surface area contributed by atoms with Crippen LogP contribution in [0.3, 0.4) is 0 Å². The number of fused-ring (bicyclic) bond motifs is 1. The molecule has 1 amide bonds. The van der Waals surface area contributed by atoms with E-state index in [-0.39, 0.29) is 30.8 Å². The van der Waals surface area contributed by atoms with Crippen molar-refractivity contribution in [3.8, 4) is 0 Å². The van der Waals surface area contributed by atoms with Crippen LogP contribution in [0.25, 0.3) is 0 Å². The van der Waals surface area contributed by atoms with E-state index >= 15 is 4.39 Å². The Kier molecular flexibility index (Phi) is 5.52. The number of ether oxygens (including phenoxy) is 1. The molecular formula is C21H19BrF2N2O2S. The van der Waals surface area contributed by atoms with Crippen molar-refractivity contribution < 1.29 is 18.3 Å². The number of hydrogen-bond donors (Lipinski definition) is 1. The maximum Gasteiger partial charge on any atom is 0.257 e. The van der Waals surface area contributed by atoms with E-state index in [1.54, 1.807) is 30.3 Å².